The van der Waals surface area contributed by atoms with Crippen LogP contribution < -0.4 is 10.4 Å². The Morgan fingerprint density at radius 2 is 1.94 bits per heavy atom. The average Bonchev–Trinajstić information content (AvgIpc) is 2.33. The van der Waals surface area contributed by atoms with Crippen LogP contribution in [0.4, 0.5) is 0 Å². The van der Waals surface area contributed by atoms with Gasteiger partial charge in [0.05, 0.1) is 0 Å². The lowest BCUT2D eigenvalue weighted by Crippen LogP contribution is -2.34. The third-order valence-electron chi connectivity index (χ3n) is 3.81. The molecular formula is C16H16. The van der Waals surface area contributed by atoms with E-state index in [1.165, 1.54) is 27.1 Å². The zero-order valence-corrected chi connectivity index (χ0v) is 9.83. The Hall–Kier alpha value is -1.56. The first-order chi connectivity index (χ1) is 7.77. The summed E-state index contributed by atoms with van der Waals surface area (Å²) < 4.78 is 0. The Balaban J connectivity index is 2.41. The van der Waals surface area contributed by atoms with E-state index < -0.39 is 0 Å². The molecule has 2 aliphatic rings. The summed E-state index contributed by atoms with van der Waals surface area (Å²) in [5.41, 5.74) is 4.39. The van der Waals surface area contributed by atoms with Crippen molar-refractivity contribution in [2.45, 2.75) is 26.2 Å². The fraction of sp³-hybridized carbons (Fsp3) is 0.250. The largest absolute Gasteiger partial charge is 0.0801 e. The van der Waals surface area contributed by atoms with Crippen molar-refractivity contribution in [3.8, 4) is 0 Å². The van der Waals surface area contributed by atoms with Crippen LogP contribution in [0.3, 0.4) is 0 Å². The summed E-state index contributed by atoms with van der Waals surface area (Å²) in [5, 5.41) is 2.86. The predicted molar refractivity (Wildman–Crippen MR) is 69.6 cm³/mol. The summed E-state index contributed by atoms with van der Waals surface area (Å²) in [6.07, 6.45) is 12.3. The Labute approximate surface area is 96.3 Å². The van der Waals surface area contributed by atoms with E-state index in [0.29, 0.717) is 5.92 Å². The number of rotatable bonds is 0. The molecule has 80 valence electrons. The van der Waals surface area contributed by atoms with E-state index in [-0.39, 0.29) is 0 Å². The molecule has 0 heteroatoms. The molecule has 3 rings (SSSR count). The van der Waals surface area contributed by atoms with Gasteiger partial charge >= 0.3 is 0 Å². The van der Waals surface area contributed by atoms with Crippen molar-refractivity contribution in [1.82, 2.24) is 0 Å². The van der Waals surface area contributed by atoms with Gasteiger partial charge in [-0.25, -0.2) is 0 Å². The lowest BCUT2D eigenvalue weighted by molar-refractivity contribution is 0.874. The van der Waals surface area contributed by atoms with Gasteiger partial charge in [0, 0.05) is 5.92 Å². The second-order valence-electron chi connectivity index (χ2n) is 4.74. The van der Waals surface area contributed by atoms with Gasteiger partial charge in [0.15, 0.2) is 0 Å². The van der Waals surface area contributed by atoms with Crippen molar-refractivity contribution in [2.75, 3.05) is 0 Å². The van der Waals surface area contributed by atoms with E-state index in [2.05, 4.69) is 56.4 Å². The van der Waals surface area contributed by atoms with E-state index in [9.17, 15) is 0 Å². The number of allylic oxidation sites excluding steroid dienone is 4. The summed E-state index contributed by atoms with van der Waals surface area (Å²) in [4.78, 5) is 0. The molecule has 0 heterocycles. The number of benzene rings is 1. The van der Waals surface area contributed by atoms with Crippen molar-refractivity contribution in [1.29, 1.82) is 0 Å². The molecule has 0 bridgehead atoms. The summed E-state index contributed by atoms with van der Waals surface area (Å²) >= 11 is 0. The zero-order valence-electron chi connectivity index (χ0n) is 9.83. The minimum absolute atomic E-state index is 0.560. The van der Waals surface area contributed by atoms with Crippen molar-refractivity contribution in [3.63, 3.8) is 0 Å². The summed E-state index contributed by atoms with van der Waals surface area (Å²) in [5.74, 6) is 0.560. The van der Waals surface area contributed by atoms with Gasteiger partial charge < -0.3 is 0 Å². The Morgan fingerprint density at radius 1 is 1.06 bits per heavy atom. The van der Waals surface area contributed by atoms with Gasteiger partial charge in [-0.05, 0) is 34.9 Å². The van der Waals surface area contributed by atoms with E-state index in [1.807, 2.05) is 0 Å². The molecule has 0 N–H and O–H groups in total. The van der Waals surface area contributed by atoms with Gasteiger partial charge in [-0.2, -0.15) is 0 Å². The average molecular weight is 208 g/mol. The normalized spacial score (nSPS) is 21.4. The molecule has 0 radical (unpaired) electrons. The Bertz CT molecular complexity index is 612. The molecule has 0 spiro atoms. The van der Waals surface area contributed by atoms with Crippen LogP contribution in [0.5, 0.6) is 0 Å². The van der Waals surface area contributed by atoms with Gasteiger partial charge in [-0.1, -0.05) is 55.0 Å². The molecule has 0 amide bonds. The minimum Gasteiger partial charge on any atom is -0.0801 e. The van der Waals surface area contributed by atoms with Crippen LogP contribution in [0, 0.1) is 0 Å². The van der Waals surface area contributed by atoms with Gasteiger partial charge in [-0.3, -0.25) is 0 Å². The standard InChI is InChI=1S/C16H16/c1-11-7-9-16-14(12(11)2)10-8-13-5-3-4-6-15(13)16/h3-4,6-10,12H,5H2,1-2H3. The zero-order chi connectivity index (χ0) is 11.1. The van der Waals surface area contributed by atoms with Crippen molar-refractivity contribution >= 4 is 12.2 Å². The SMILES string of the molecule is CC1=CC=c2c(ccc3c2=CC=CC3)C1C. The third kappa shape index (κ3) is 1.30. The maximum Gasteiger partial charge on any atom is 0.00263 e. The van der Waals surface area contributed by atoms with E-state index in [4.69, 9.17) is 0 Å². The summed E-state index contributed by atoms with van der Waals surface area (Å²) in [7, 11) is 0. The van der Waals surface area contributed by atoms with Crippen LogP contribution in [0.15, 0.2) is 35.9 Å². The van der Waals surface area contributed by atoms with Crippen molar-refractivity contribution in [2.24, 2.45) is 0 Å². The number of hydrogen-bond acceptors (Lipinski definition) is 0. The molecule has 16 heavy (non-hydrogen) atoms. The van der Waals surface area contributed by atoms with Gasteiger partial charge in [0.25, 0.3) is 0 Å². The molecule has 0 saturated carbocycles. The van der Waals surface area contributed by atoms with E-state index >= 15 is 0 Å². The van der Waals surface area contributed by atoms with Crippen LogP contribution in [0.1, 0.15) is 30.9 Å². The first-order valence-corrected chi connectivity index (χ1v) is 5.94. The molecule has 1 unspecified atom stereocenters. The highest BCUT2D eigenvalue weighted by Gasteiger charge is 2.13. The highest BCUT2D eigenvalue weighted by molar-refractivity contribution is 5.55. The van der Waals surface area contributed by atoms with Crippen LogP contribution in [-0.2, 0) is 6.42 Å². The maximum absolute atomic E-state index is 2.30. The molecule has 0 saturated heterocycles. The molecule has 1 atom stereocenters. The Morgan fingerprint density at radius 3 is 2.81 bits per heavy atom. The monoisotopic (exact) mass is 208 g/mol. The van der Waals surface area contributed by atoms with E-state index in [0.717, 1.165) is 6.42 Å². The van der Waals surface area contributed by atoms with Crippen molar-refractivity contribution in [3.05, 3.63) is 57.5 Å². The third-order valence-corrected chi connectivity index (χ3v) is 3.81. The highest BCUT2D eigenvalue weighted by Crippen LogP contribution is 2.23. The predicted octanol–water partition coefficient (Wildman–Crippen LogP) is 2.42. The van der Waals surface area contributed by atoms with Gasteiger partial charge in [0.1, 0.15) is 0 Å². The lowest BCUT2D eigenvalue weighted by Gasteiger charge is -2.19. The number of hydrogen-bond donors (Lipinski definition) is 0. The van der Waals surface area contributed by atoms with Crippen molar-refractivity contribution < 1.29 is 0 Å². The summed E-state index contributed by atoms with van der Waals surface area (Å²) in [6, 6.07) is 4.59. The molecule has 1 aromatic carbocycles. The smallest absolute Gasteiger partial charge is 0.00263 e. The van der Waals surface area contributed by atoms with Gasteiger partial charge in [-0.15, -0.1) is 0 Å². The first kappa shape index (κ1) is 9.65. The topological polar surface area (TPSA) is 0 Å². The van der Waals surface area contributed by atoms with Crippen LogP contribution in [0.2, 0.25) is 0 Å². The lowest BCUT2D eigenvalue weighted by atomic mass is 9.86. The second kappa shape index (κ2) is 3.48. The molecule has 0 fully saturated rings. The molecular weight excluding hydrogens is 192 g/mol. The molecule has 2 aliphatic carbocycles. The fourth-order valence-corrected chi connectivity index (χ4v) is 2.60. The quantitative estimate of drug-likeness (QED) is 0.614. The minimum atomic E-state index is 0.560. The molecule has 0 nitrogen and oxygen atoms in total. The summed E-state index contributed by atoms with van der Waals surface area (Å²) in [6.45, 7) is 4.51. The molecule has 0 aromatic heterocycles. The van der Waals surface area contributed by atoms with Crippen LogP contribution in [0.25, 0.3) is 12.2 Å². The van der Waals surface area contributed by atoms with Gasteiger partial charge in [0.2, 0.25) is 0 Å². The second-order valence-corrected chi connectivity index (χ2v) is 4.74. The highest BCUT2D eigenvalue weighted by atomic mass is 14.2. The fourth-order valence-electron chi connectivity index (χ4n) is 2.60. The van der Waals surface area contributed by atoms with Crippen LogP contribution in [-0.4, -0.2) is 0 Å². The molecule has 1 aromatic rings. The van der Waals surface area contributed by atoms with E-state index in [1.54, 1.807) is 0 Å². The first-order valence-electron chi connectivity index (χ1n) is 5.94. The maximum atomic E-state index is 2.30. The molecule has 0 aliphatic heterocycles. The number of fused-ring (bicyclic) bond motifs is 3. The van der Waals surface area contributed by atoms with Crippen LogP contribution >= 0.6 is 0 Å². The Kier molecular flexibility index (Phi) is 2.10.